The number of terminal acetylenes is 1. The second-order valence-corrected chi connectivity index (χ2v) is 9.96. The number of alkyl carbamates (subject to hydrolysis) is 1. The second-order valence-electron chi connectivity index (χ2n) is 9.96. The van der Waals surface area contributed by atoms with Crippen LogP contribution in [0.25, 0.3) is 0 Å². The molecule has 276 valence electrons. The Morgan fingerprint density at radius 2 is 1.61 bits per heavy atom. The van der Waals surface area contributed by atoms with Crippen LogP contribution in [0.2, 0.25) is 0 Å². The summed E-state index contributed by atoms with van der Waals surface area (Å²) in [5, 5.41) is 8.51. The van der Waals surface area contributed by atoms with Gasteiger partial charge < -0.3 is 15.4 Å². The van der Waals surface area contributed by atoms with Crippen LogP contribution in [0, 0.1) is 12.8 Å². The standard InChI is InChI=1S/C34H50N4O3.3C2H6.C2H2/c1-8-14-19-28(12-5)25-29-21-24-38(23-16-22-35-32(39)36-31(17-10-3)18-11-4)34(7,26-29)27-41-33(40)37-30(13-6)20-15-9-2;4*1-2/h9-15,17-20,25H,3,6,8,16,21-24,26-27H2,1-2,4-5,7H3,(H,37,40)(H2,35,36,39);3*1-2H3;1-2H/b15-9-,18-11-,19-14-,28-12+,29-25-,30-20+,31-17+;;;;. The molecule has 1 heterocycles. The molecule has 0 aromatic heterocycles. The number of allylic oxidation sites excluding steroid dienone is 13. The number of urea groups is 1. The van der Waals surface area contributed by atoms with Gasteiger partial charge in [-0.25, -0.2) is 9.59 Å². The van der Waals surface area contributed by atoms with E-state index in [0.29, 0.717) is 17.9 Å². The molecule has 3 amide bonds. The third-order valence-corrected chi connectivity index (χ3v) is 6.56. The van der Waals surface area contributed by atoms with E-state index in [0.717, 1.165) is 38.8 Å². The molecule has 1 aliphatic rings. The highest BCUT2D eigenvalue weighted by Crippen LogP contribution is 2.33. The zero-order valence-electron chi connectivity index (χ0n) is 32.8. The first-order chi connectivity index (χ1) is 23.7. The van der Waals surface area contributed by atoms with Gasteiger partial charge in [0, 0.05) is 31.0 Å². The van der Waals surface area contributed by atoms with Crippen molar-refractivity contribution in [3.63, 3.8) is 0 Å². The number of piperidine rings is 1. The molecule has 1 saturated heterocycles. The van der Waals surface area contributed by atoms with Crippen molar-refractivity contribution in [2.24, 2.45) is 0 Å². The Kier molecular flexibility index (Phi) is 38.5. The number of hydrogen-bond acceptors (Lipinski definition) is 4. The minimum atomic E-state index is -0.513. The van der Waals surface area contributed by atoms with Crippen molar-refractivity contribution in [1.29, 1.82) is 0 Å². The molecule has 3 N–H and O–H groups in total. The monoisotopic (exact) mass is 679 g/mol. The minimum Gasteiger partial charge on any atom is -0.447 e. The summed E-state index contributed by atoms with van der Waals surface area (Å²) in [7, 11) is 0. The van der Waals surface area contributed by atoms with Crippen LogP contribution < -0.4 is 16.0 Å². The van der Waals surface area contributed by atoms with E-state index in [2.05, 4.69) is 85.0 Å². The molecule has 1 aliphatic heterocycles. The Bertz CT molecular complexity index is 1140. The maximum Gasteiger partial charge on any atom is 0.411 e. The van der Waals surface area contributed by atoms with Crippen LogP contribution >= 0.6 is 0 Å². The molecule has 0 bridgehead atoms. The molecule has 1 atom stereocenters. The van der Waals surface area contributed by atoms with Gasteiger partial charge >= 0.3 is 12.1 Å². The van der Waals surface area contributed by atoms with Crippen molar-refractivity contribution >= 4 is 12.1 Å². The van der Waals surface area contributed by atoms with Gasteiger partial charge in [0.15, 0.2) is 0 Å². The maximum atomic E-state index is 12.6. The number of nitrogens with one attached hydrogen (secondary N) is 3. The average Bonchev–Trinajstić information content (AvgIpc) is 3.13. The number of carbonyl (C=O) groups excluding carboxylic acids is 2. The molecule has 0 aliphatic carbocycles. The molecule has 1 unspecified atom stereocenters. The van der Waals surface area contributed by atoms with Crippen molar-refractivity contribution in [3.05, 3.63) is 109 Å². The summed E-state index contributed by atoms with van der Waals surface area (Å²) in [5.41, 5.74) is 3.35. The van der Waals surface area contributed by atoms with Crippen molar-refractivity contribution < 1.29 is 14.3 Å². The highest BCUT2D eigenvalue weighted by Gasteiger charge is 2.37. The van der Waals surface area contributed by atoms with Crippen LogP contribution in [0.1, 0.15) is 102 Å². The van der Waals surface area contributed by atoms with E-state index in [1.54, 1.807) is 24.3 Å². The molecular weight excluding hydrogens is 608 g/mol. The SMILES string of the molecule is C#C.C=C/C=C(\C=C/C)NC(=O)NCCCN1CC/C(=C/C(/C=C\CC)=C/C)CC1(C)COC(=O)N/C(C=C)=C/C=C\C.CC.CC.CC. The van der Waals surface area contributed by atoms with Gasteiger partial charge in [-0.1, -0.05) is 116 Å². The molecule has 0 spiro atoms. The van der Waals surface area contributed by atoms with E-state index in [1.807, 2.05) is 86.6 Å². The summed E-state index contributed by atoms with van der Waals surface area (Å²) in [5.74, 6) is 0. The number of amides is 3. The van der Waals surface area contributed by atoms with E-state index in [4.69, 9.17) is 4.74 Å². The smallest absolute Gasteiger partial charge is 0.411 e. The highest BCUT2D eigenvalue weighted by molar-refractivity contribution is 5.76. The van der Waals surface area contributed by atoms with Gasteiger partial charge in [0.1, 0.15) is 6.61 Å². The molecular formula is C42H70N4O3. The summed E-state index contributed by atoms with van der Waals surface area (Å²) in [6, 6.07) is -0.258. The molecule has 0 radical (unpaired) electrons. The molecule has 1 fully saturated rings. The Hall–Kier alpha value is -4.28. The lowest BCUT2D eigenvalue weighted by Gasteiger charge is -2.45. The van der Waals surface area contributed by atoms with E-state index in [9.17, 15) is 9.59 Å². The fraction of sp³-hybridized carbons (Fsp3) is 0.476. The topological polar surface area (TPSA) is 82.7 Å². The van der Waals surface area contributed by atoms with Crippen molar-refractivity contribution in [3.8, 4) is 12.8 Å². The first-order valence-corrected chi connectivity index (χ1v) is 17.7. The summed E-state index contributed by atoms with van der Waals surface area (Å²) in [4.78, 5) is 27.3. The Morgan fingerprint density at radius 3 is 2.14 bits per heavy atom. The van der Waals surface area contributed by atoms with Gasteiger partial charge in [0.2, 0.25) is 0 Å². The fourth-order valence-electron chi connectivity index (χ4n) is 4.43. The number of rotatable bonds is 15. The van der Waals surface area contributed by atoms with Crippen LogP contribution in [-0.4, -0.2) is 48.8 Å². The molecule has 0 saturated carbocycles. The van der Waals surface area contributed by atoms with Crippen molar-refractivity contribution in [2.75, 3.05) is 26.2 Å². The summed E-state index contributed by atoms with van der Waals surface area (Å²) < 4.78 is 5.75. The van der Waals surface area contributed by atoms with Crippen molar-refractivity contribution in [1.82, 2.24) is 20.9 Å². The summed E-state index contributed by atoms with van der Waals surface area (Å²) in [6.45, 7) is 31.9. The van der Waals surface area contributed by atoms with Gasteiger partial charge in [0.25, 0.3) is 0 Å². The Balaban J connectivity index is -0.00000117. The van der Waals surface area contributed by atoms with Gasteiger partial charge in [-0.05, 0) is 83.3 Å². The van der Waals surface area contributed by atoms with Gasteiger partial charge in [-0.3, -0.25) is 10.2 Å². The maximum absolute atomic E-state index is 12.6. The molecule has 49 heavy (non-hydrogen) atoms. The first-order valence-electron chi connectivity index (χ1n) is 17.7. The van der Waals surface area contributed by atoms with E-state index < -0.39 is 11.6 Å². The largest absolute Gasteiger partial charge is 0.447 e. The quantitative estimate of drug-likeness (QED) is 0.0914. The zero-order chi connectivity index (χ0) is 38.5. The Labute approximate surface area is 301 Å². The number of ether oxygens (including phenoxy) is 1. The second kappa shape index (κ2) is 36.6. The first kappa shape index (κ1) is 51.6. The average molecular weight is 679 g/mol. The zero-order valence-corrected chi connectivity index (χ0v) is 32.8. The number of likely N-dealkylation sites (tertiary alicyclic amines) is 1. The molecule has 0 aromatic carbocycles. The molecule has 1 rings (SSSR count). The van der Waals surface area contributed by atoms with E-state index in [-0.39, 0.29) is 12.6 Å². The van der Waals surface area contributed by atoms with Gasteiger partial charge in [-0.15, -0.1) is 12.8 Å². The number of nitrogens with zero attached hydrogens (tertiary/aromatic N) is 1. The van der Waals surface area contributed by atoms with Crippen molar-refractivity contribution in [2.45, 2.75) is 107 Å². The van der Waals surface area contributed by atoms with Crippen LogP contribution in [0.3, 0.4) is 0 Å². The third-order valence-electron chi connectivity index (χ3n) is 6.56. The third kappa shape index (κ3) is 25.4. The van der Waals surface area contributed by atoms with Gasteiger partial charge in [-0.2, -0.15) is 0 Å². The summed E-state index contributed by atoms with van der Waals surface area (Å²) in [6.07, 6.45) is 33.7. The minimum absolute atomic E-state index is 0.229. The van der Waals surface area contributed by atoms with Crippen LogP contribution in [0.5, 0.6) is 0 Å². The highest BCUT2D eigenvalue weighted by atomic mass is 16.5. The molecule has 0 aromatic rings. The lowest BCUT2D eigenvalue weighted by molar-refractivity contribution is 0.0175. The lowest BCUT2D eigenvalue weighted by Crippen LogP contribution is -2.54. The van der Waals surface area contributed by atoms with Crippen LogP contribution in [0.15, 0.2) is 109 Å². The van der Waals surface area contributed by atoms with E-state index >= 15 is 0 Å². The number of hydrogen-bond donors (Lipinski definition) is 3. The van der Waals surface area contributed by atoms with Crippen LogP contribution in [-0.2, 0) is 4.74 Å². The van der Waals surface area contributed by atoms with Crippen LogP contribution in [0.4, 0.5) is 9.59 Å². The number of carbonyl (C=O) groups is 2. The van der Waals surface area contributed by atoms with E-state index in [1.165, 1.54) is 11.1 Å². The normalized spacial score (nSPS) is 17.2. The summed E-state index contributed by atoms with van der Waals surface area (Å²) >= 11 is 0. The Morgan fingerprint density at radius 1 is 0.959 bits per heavy atom. The predicted octanol–water partition coefficient (Wildman–Crippen LogP) is 10.7. The lowest BCUT2D eigenvalue weighted by atomic mass is 9.84. The molecule has 7 heteroatoms. The van der Waals surface area contributed by atoms with Gasteiger partial charge in [0.05, 0.1) is 5.54 Å². The predicted molar refractivity (Wildman–Crippen MR) is 216 cm³/mol. The fourth-order valence-corrected chi connectivity index (χ4v) is 4.43. The molecule has 7 nitrogen and oxygen atoms in total.